The Hall–Kier alpha value is -2.45. The summed E-state index contributed by atoms with van der Waals surface area (Å²) in [6.07, 6.45) is 0.902. The number of hydrogen-bond acceptors (Lipinski definition) is 5. The van der Waals surface area contributed by atoms with Crippen molar-refractivity contribution in [2.24, 2.45) is 5.73 Å². The van der Waals surface area contributed by atoms with Crippen LogP contribution in [0.5, 0.6) is 0 Å². The van der Waals surface area contributed by atoms with Crippen molar-refractivity contribution in [2.45, 2.75) is 6.10 Å². The number of morpholine rings is 1. The Bertz CT molecular complexity index is 782. The van der Waals surface area contributed by atoms with E-state index in [-0.39, 0.29) is 12.5 Å². The van der Waals surface area contributed by atoms with Gasteiger partial charge in [0.2, 0.25) is 5.91 Å². The highest BCUT2D eigenvalue weighted by molar-refractivity contribution is 9.10. The molecule has 0 radical (unpaired) electrons. The lowest BCUT2D eigenvalue weighted by Crippen LogP contribution is -2.49. The van der Waals surface area contributed by atoms with Gasteiger partial charge in [0.15, 0.2) is 6.10 Å². The third-order valence-corrected chi connectivity index (χ3v) is 4.35. The fraction of sp³-hybridized carbons (Fsp3) is 0.235. The first-order chi connectivity index (χ1) is 12.0. The Labute approximate surface area is 153 Å². The number of halogens is 1. The van der Waals surface area contributed by atoms with Gasteiger partial charge in [0.05, 0.1) is 18.7 Å². The first-order valence-electron chi connectivity index (χ1n) is 7.72. The number of primary amides is 1. The van der Waals surface area contributed by atoms with Crippen LogP contribution in [0.1, 0.15) is 10.4 Å². The maximum absolute atomic E-state index is 12.7. The number of nitrogens with one attached hydrogen (secondary N) is 1. The zero-order valence-electron chi connectivity index (χ0n) is 13.3. The maximum atomic E-state index is 12.7. The van der Waals surface area contributed by atoms with Crippen LogP contribution in [0, 0.1) is 0 Å². The van der Waals surface area contributed by atoms with Gasteiger partial charge in [-0.25, -0.2) is 4.98 Å². The summed E-state index contributed by atoms with van der Waals surface area (Å²) >= 11 is 3.36. The van der Waals surface area contributed by atoms with E-state index in [0.29, 0.717) is 30.2 Å². The van der Waals surface area contributed by atoms with Crippen molar-refractivity contribution in [2.75, 3.05) is 29.9 Å². The summed E-state index contributed by atoms with van der Waals surface area (Å²) in [5.74, 6) is -0.291. The second-order valence-electron chi connectivity index (χ2n) is 5.54. The zero-order chi connectivity index (χ0) is 17.8. The quantitative estimate of drug-likeness (QED) is 0.809. The van der Waals surface area contributed by atoms with Gasteiger partial charge in [-0.2, -0.15) is 0 Å². The van der Waals surface area contributed by atoms with Crippen molar-refractivity contribution in [3.05, 3.63) is 52.6 Å². The number of hydrogen-bond donors (Lipinski definition) is 2. The average molecular weight is 405 g/mol. The van der Waals surface area contributed by atoms with Crippen LogP contribution in [0.4, 0.5) is 11.5 Å². The molecule has 0 saturated carbocycles. The van der Waals surface area contributed by atoms with Crippen LogP contribution >= 0.6 is 15.9 Å². The lowest BCUT2D eigenvalue weighted by molar-refractivity contribution is -0.130. The molecule has 0 aliphatic carbocycles. The number of aromatic nitrogens is 1. The first kappa shape index (κ1) is 17.4. The fourth-order valence-corrected chi connectivity index (χ4v) is 2.84. The Balaban J connectivity index is 1.81. The fourth-order valence-electron chi connectivity index (χ4n) is 2.57. The Morgan fingerprint density at radius 1 is 1.28 bits per heavy atom. The van der Waals surface area contributed by atoms with E-state index in [0.717, 1.165) is 4.47 Å². The van der Waals surface area contributed by atoms with Crippen molar-refractivity contribution in [1.82, 2.24) is 4.98 Å². The standard InChI is InChI=1S/C17H17BrN4O3/c18-11-3-5-12(6-4-11)21-17(24)13-2-1-7-20-16(13)22-8-9-25-14(10-22)15(19)23/h1-7,14H,8-10H2,(H2,19,23)(H,21,24). The summed E-state index contributed by atoms with van der Waals surface area (Å²) in [5, 5.41) is 2.85. The van der Waals surface area contributed by atoms with Gasteiger partial charge in [-0.3, -0.25) is 9.59 Å². The van der Waals surface area contributed by atoms with Crippen LogP contribution in [0.3, 0.4) is 0 Å². The number of benzene rings is 1. The van der Waals surface area contributed by atoms with Gasteiger partial charge in [-0.15, -0.1) is 0 Å². The molecule has 1 saturated heterocycles. The number of nitrogens with two attached hydrogens (primary N) is 1. The molecule has 1 aliphatic rings. The average Bonchev–Trinajstić information content (AvgIpc) is 2.63. The third-order valence-electron chi connectivity index (χ3n) is 3.82. The highest BCUT2D eigenvalue weighted by Crippen LogP contribution is 2.22. The van der Waals surface area contributed by atoms with Crippen LogP contribution in [0.2, 0.25) is 0 Å². The van der Waals surface area contributed by atoms with E-state index in [1.165, 1.54) is 0 Å². The van der Waals surface area contributed by atoms with Gasteiger partial charge >= 0.3 is 0 Å². The molecule has 1 aromatic carbocycles. The van der Waals surface area contributed by atoms with E-state index in [2.05, 4.69) is 26.2 Å². The molecule has 7 nitrogen and oxygen atoms in total. The van der Waals surface area contributed by atoms with Crippen LogP contribution in [-0.2, 0) is 9.53 Å². The van der Waals surface area contributed by atoms with Gasteiger partial charge in [0.25, 0.3) is 5.91 Å². The topological polar surface area (TPSA) is 97.6 Å². The highest BCUT2D eigenvalue weighted by atomic mass is 79.9. The number of carbonyl (C=O) groups excluding carboxylic acids is 2. The second kappa shape index (κ2) is 7.62. The Morgan fingerprint density at radius 3 is 2.76 bits per heavy atom. The molecule has 0 bridgehead atoms. The summed E-state index contributed by atoms with van der Waals surface area (Å²) in [6.45, 7) is 1.14. The number of amides is 2. The van der Waals surface area contributed by atoms with Crippen LogP contribution in [0.25, 0.3) is 0 Å². The summed E-state index contributed by atoms with van der Waals surface area (Å²) < 4.78 is 6.28. The van der Waals surface area contributed by atoms with Crippen molar-refractivity contribution in [3.63, 3.8) is 0 Å². The molecule has 25 heavy (non-hydrogen) atoms. The number of anilines is 2. The van der Waals surface area contributed by atoms with Crippen molar-refractivity contribution in [3.8, 4) is 0 Å². The van der Waals surface area contributed by atoms with E-state index >= 15 is 0 Å². The van der Waals surface area contributed by atoms with Gasteiger partial charge in [-0.1, -0.05) is 15.9 Å². The van der Waals surface area contributed by atoms with E-state index < -0.39 is 12.0 Å². The highest BCUT2D eigenvalue weighted by Gasteiger charge is 2.28. The summed E-state index contributed by atoms with van der Waals surface area (Å²) in [6, 6.07) is 10.7. The summed E-state index contributed by atoms with van der Waals surface area (Å²) in [7, 11) is 0. The molecule has 3 rings (SSSR count). The smallest absolute Gasteiger partial charge is 0.259 e. The third kappa shape index (κ3) is 4.15. The molecule has 2 aromatic rings. The van der Waals surface area contributed by atoms with Crippen molar-refractivity contribution in [1.29, 1.82) is 0 Å². The number of carbonyl (C=O) groups is 2. The van der Waals surface area contributed by atoms with Crippen molar-refractivity contribution < 1.29 is 14.3 Å². The first-order valence-corrected chi connectivity index (χ1v) is 8.51. The molecule has 2 heterocycles. The van der Waals surface area contributed by atoms with Crippen molar-refractivity contribution >= 4 is 39.2 Å². The number of ether oxygens (including phenoxy) is 1. The Morgan fingerprint density at radius 2 is 2.04 bits per heavy atom. The minimum absolute atomic E-state index is 0.269. The summed E-state index contributed by atoms with van der Waals surface area (Å²) in [4.78, 5) is 30.2. The SMILES string of the molecule is NC(=O)C1CN(c2ncccc2C(=O)Nc2ccc(Br)cc2)CCO1. The lowest BCUT2D eigenvalue weighted by atomic mass is 10.2. The van der Waals surface area contributed by atoms with Crippen LogP contribution in [-0.4, -0.2) is 42.6 Å². The zero-order valence-corrected chi connectivity index (χ0v) is 14.9. The van der Waals surface area contributed by atoms with E-state index in [1.807, 2.05) is 17.0 Å². The second-order valence-corrected chi connectivity index (χ2v) is 6.46. The molecule has 8 heteroatoms. The molecule has 0 spiro atoms. The molecular formula is C17H17BrN4O3. The summed E-state index contributed by atoms with van der Waals surface area (Å²) in [5.41, 5.74) is 6.43. The predicted molar refractivity (Wildman–Crippen MR) is 97.5 cm³/mol. The van der Waals surface area contributed by atoms with Gasteiger partial charge in [0.1, 0.15) is 5.82 Å². The number of pyridine rings is 1. The van der Waals surface area contributed by atoms with Gasteiger partial charge in [0, 0.05) is 22.9 Å². The molecule has 2 amide bonds. The molecule has 1 aliphatic heterocycles. The molecule has 1 atom stereocenters. The monoisotopic (exact) mass is 404 g/mol. The number of rotatable bonds is 4. The molecule has 130 valence electrons. The molecule has 3 N–H and O–H groups in total. The Kier molecular flexibility index (Phi) is 5.30. The largest absolute Gasteiger partial charge is 0.367 e. The number of nitrogens with zero attached hydrogens (tertiary/aromatic N) is 2. The predicted octanol–water partition coefficient (Wildman–Crippen LogP) is 1.79. The minimum Gasteiger partial charge on any atom is -0.367 e. The lowest BCUT2D eigenvalue weighted by Gasteiger charge is -2.33. The van der Waals surface area contributed by atoms with E-state index in [1.54, 1.807) is 30.5 Å². The van der Waals surface area contributed by atoms with Gasteiger partial charge in [-0.05, 0) is 36.4 Å². The molecular weight excluding hydrogens is 388 g/mol. The maximum Gasteiger partial charge on any atom is 0.259 e. The van der Waals surface area contributed by atoms with Crippen LogP contribution in [0.15, 0.2) is 47.1 Å². The van der Waals surface area contributed by atoms with E-state index in [9.17, 15) is 9.59 Å². The molecule has 1 aromatic heterocycles. The normalized spacial score (nSPS) is 17.2. The van der Waals surface area contributed by atoms with Crippen LogP contribution < -0.4 is 16.0 Å². The van der Waals surface area contributed by atoms with Gasteiger partial charge < -0.3 is 20.7 Å². The van der Waals surface area contributed by atoms with E-state index in [4.69, 9.17) is 10.5 Å². The molecule has 1 fully saturated rings. The molecule has 1 unspecified atom stereocenters. The minimum atomic E-state index is -0.710.